The van der Waals surface area contributed by atoms with Crippen LogP contribution < -0.4 is 5.32 Å². The van der Waals surface area contributed by atoms with Crippen molar-refractivity contribution in [1.82, 2.24) is 40.0 Å². The van der Waals surface area contributed by atoms with Crippen LogP contribution in [0.3, 0.4) is 0 Å². The number of tetrazole rings is 1. The number of rotatable bonds is 8. The summed E-state index contributed by atoms with van der Waals surface area (Å²) in [5, 5.41) is 15.6. The topological polar surface area (TPSA) is 144 Å². The van der Waals surface area contributed by atoms with Gasteiger partial charge in [0.1, 0.15) is 11.2 Å². The fraction of sp³-hybridized carbons (Fsp3) is 0.300. The molecule has 1 fully saturated rings. The summed E-state index contributed by atoms with van der Waals surface area (Å²) in [5.74, 6) is 0.478. The predicted octanol–water partition coefficient (Wildman–Crippen LogP) is 2.93. The number of nitrogens with one attached hydrogen (secondary N) is 1. The lowest BCUT2D eigenvalue weighted by Crippen LogP contribution is -2.51. The molecule has 13 heteroatoms. The second-order valence-electron chi connectivity index (χ2n) is 10.5. The van der Waals surface area contributed by atoms with Gasteiger partial charge in [-0.05, 0) is 48.2 Å². The molecule has 1 N–H and O–H groups in total. The summed E-state index contributed by atoms with van der Waals surface area (Å²) in [5.41, 5.74) is 3.64. The third-order valence-electron chi connectivity index (χ3n) is 7.59. The van der Waals surface area contributed by atoms with Crippen LogP contribution in [0.25, 0.3) is 22.6 Å². The van der Waals surface area contributed by atoms with Crippen LogP contribution in [0.1, 0.15) is 34.8 Å². The number of nitrogens with zero attached hydrogens (tertiary/aromatic N) is 8. The summed E-state index contributed by atoms with van der Waals surface area (Å²) in [6, 6.07) is 17.9. The summed E-state index contributed by atoms with van der Waals surface area (Å²) < 4.78 is 11.9. The third-order valence-corrected chi connectivity index (χ3v) is 7.59. The maximum absolute atomic E-state index is 13.8. The summed E-state index contributed by atoms with van der Waals surface area (Å²) in [6.45, 7) is 2.24. The van der Waals surface area contributed by atoms with Crippen LogP contribution in [0.5, 0.6) is 0 Å². The number of aryl methyl sites for hydroxylation is 1. The van der Waals surface area contributed by atoms with E-state index in [1.165, 1.54) is 11.7 Å². The number of anilines is 1. The number of benzene rings is 2. The number of ether oxygens (including phenoxy) is 1. The largest absolute Gasteiger partial charge is 0.436 e. The van der Waals surface area contributed by atoms with Gasteiger partial charge >= 0.3 is 0 Å². The highest BCUT2D eigenvalue weighted by molar-refractivity contribution is 5.94. The van der Waals surface area contributed by atoms with Gasteiger partial charge in [-0.15, -0.1) is 10.2 Å². The van der Waals surface area contributed by atoms with Gasteiger partial charge in [0.2, 0.25) is 11.8 Å². The number of likely N-dealkylation sites (N-methyl/N-ethyl adjacent to an activating group) is 2. The maximum Gasteiger partial charge on any atom is 0.272 e. The Balaban J connectivity index is 1.24. The highest BCUT2D eigenvalue weighted by Crippen LogP contribution is 2.31. The lowest BCUT2D eigenvalue weighted by molar-refractivity contribution is -0.114. The number of fused-ring (bicyclic) bond motifs is 1. The monoisotopic (exact) mass is 581 g/mol. The lowest BCUT2D eigenvalue weighted by atomic mass is 10.0. The smallest absolute Gasteiger partial charge is 0.272 e. The lowest BCUT2D eigenvalue weighted by Gasteiger charge is -2.37. The van der Waals surface area contributed by atoms with Gasteiger partial charge in [0.15, 0.2) is 11.4 Å². The molecule has 2 aromatic carbocycles. The molecule has 0 spiro atoms. The number of hydrogen-bond acceptors (Lipinski definition) is 10. The van der Waals surface area contributed by atoms with Crippen LogP contribution in [0, 0.1) is 0 Å². The van der Waals surface area contributed by atoms with E-state index in [1.54, 1.807) is 55.5 Å². The minimum absolute atomic E-state index is 0.152. The van der Waals surface area contributed by atoms with Gasteiger partial charge in [0, 0.05) is 31.4 Å². The summed E-state index contributed by atoms with van der Waals surface area (Å²) in [6.07, 6.45) is 1.56. The Kier molecular flexibility index (Phi) is 7.65. The molecule has 43 heavy (non-hydrogen) atoms. The Morgan fingerprint density at radius 1 is 1.05 bits per heavy atom. The zero-order valence-electron chi connectivity index (χ0n) is 24.2. The molecule has 3 unspecified atom stereocenters. The zero-order valence-corrected chi connectivity index (χ0v) is 24.2. The van der Waals surface area contributed by atoms with Crippen LogP contribution in [0.2, 0.25) is 0 Å². The van der Waals surface area contributed by atoms with Crippen LogP contribution in [0.15, 0.2) is 71.3 Å². The van der Waals surface area contributed by atoms with E-state index in [9.17, 15) is 9.59 Å². The molecule has 1 aliphatic heterocycles. The summed E-state index contributed by atoms with van der Waals surface area (Å²) in [4.78, 5) is 39.4. The van der Waals surface area contributed by atoms with Crippen molar-refractivity contribution in [3.63, 3.8) is 0 Å². The number of amides is 2. The molecule has 0 radical (unpaired) electrons. The molecule has 13 nitrogen and oxygen atoms in total. The third kappa shape index (κ3) is 5.72. The van der Waals surface area contributed by atoms with Crippen LogP contribution in [-0.4, -0.2) is 91.2 Å². The minimum Gasteiger partial charge on any atom is -0.436 e. The van der Waals surface area contributed by atoms with Crippen molar-refractivity contribution in [2.75, 3.05) is 32.6 Å². The summed E-state index contributed by atoms with van der Waals surface area (Å²) in [7, 11) is 5.48. The average Bonchev–Trinajstić information content (AvgIpc) is 3.76. The molecule has 6 rings (SSSR count). The van der Waals surface area contributed by atoms with Crippen molar-refractivity contribution >= 4 is 28.6 Å². The Morgan fingerprint density at radius 3 is 2.58 bits per heavy atom. The van der Waals surface area contributed by atoms with Crippen LogP contribution in [-0.2, 0) is 16.6 Å². The quantitative estimate of drug-likeness (QED) is 0.290. The first-order valence-corrected chi connectivity index (χ1v) is 13.8. The molecule has 0 bridgehead atoms. The van der Waals surface area contributed by atoms with E-state index in [0.29, 0.717) is 47.3 Å². The van der Waals surface area contributed by atoms with Crippen molar-refractivity contribution in [1.29, 1.82) is 0 Å². The van der Waals surface area contributed by atoms with E-state index in [4.69, 9.17) is 9.15 Å². The van der Waals surface area contributed by atoms with Gasteiger partial charge in [-0.25, -0.2) is 4.98 Å². The molecule has 2 amide bonds. The van der Waals surface area contributed by atoms with Crippen LogP contribution >= 0.6 is 0 Å². The molecule has 1 aliphatic rings. The van der Waals surface area contributed by atoms with E-state index in [-0.39, 0.29) is 35.6 Å². The molecular formula is C30H31N9O4. The van der Waals surface area contributed by atoms with Crippen molar-refractivity contribution in [3.8, 4) is 11.5 Å². The van der Waals surface area contributed by atoms with Gasteiger partial charge in [0.05, 0.1) is 38.4 Å². The van der Waals surface area contributed by atoms with Gasteiger partial charge in [-0.2, -0.15) is 4.80 Å². The number of pyridine rings is 1. The second-order valence-corrected chi connectivity index (χ2v) is 10.5. The first-order valence-electron chi connectivity index (χ1n) is 13.8. The highest BCUT2D eigenvalue weighted by Gasteiger charge is 2.41. The molecule has 0 aliphatic carbocycles. The van der Waals surface area contributed by atoms with Crippen molar-refractivity contribution in [2.45, 2.75) is 25.0 Å². The van der Waals surface area contributed by atoms with Gasteiger partial charge in [-0.1, -0.05) is 30.3 Å². The molecule has 220 valence electrons. The van der Waals surface area contributed by atoms with Crippen molar-refractivity contribution < 1.29 is 18.7 Å². The second kappa shape index (κ2) is 11.7. The molecule has 1 saturated heterocycles. The molecule has 5 aromatic rings. The van der Waals surface area contributed by atoms with E-state index in [2.05, 4.69) is 35.6 Å². The van der Waals surface area contributed by atoms with Gasteiger partial charge in [0.25, 0.3) is 5.91 Å². The van der Waals surface area contributed by atoms with Gasteiger partial charge in [-0.3, -0.25) is 19.5 Å². The van der Waals surface area contributed by atoms with Crippen LogP contribution in [0.4, 0.5) is 5.69 Å². The SMILES string of the molecule is CC(=O)Nc1ccc2oc(-c3ccnc(C(=O)N(C)C4COCC4N(C)C(c4ccccc4)c4nnn(C)n4)c3)nc2c1. The van der Waals surface area contributed by atoms with Crippen molar-refractivity contribution in [3.05, 3.63) is 83.9 Å². The zero-order chi connectivity index (χ0) is 30.1. The Hall–Kier alpha value is -5.01. The molecule has 3 atom stereocenters. The predicted molar refractivity (Wildman–Crippen MR) is 157 cm³/mol. The first kappa shape index (κ1) is 28.1. The van der Waals surface area contributed by atoms with E-state index < -0.39 is 0 Å². The highest BCUT2D eigenvalue weighted by atomic mass is 16.5. The Labute approximate surface area is 247 Å². The normalized spacial score (nSPS) is 17.3. The Bertz CT molecular complexity index is 1770. The van der Waals surface area contributed by atoms with E-state index >= 15 is 0 Å². The first-order chi connectivity index (χ1) is 20.8. The molecule has 0 saturated carbocycles. The standard InChI is InChI=1S/C30H31N9O4/c1-18(40)32-21-10-11-26-22(15-21)33-29(43-26)20-12-13-31-23(14-20)30(41)38(3)25-17-42-16-24(25)37(2)27(19-8-6-5-7-9-19)28-34-36-39(4)35-28/h5-15,24-25,27H,16-17H2,1-4H3,(H,32,40). The average molecular weight is 582 g/mol. The molecule has 4 heterocycles. The van der Waals surface area contributed by atoms with Gasteiger partial charge < -0.3 is 19.4 Å². The number of carbonyl (C=O) groups excluding carboxylic acids is 2. The fourth-order valence-electron chi connectivity index (χ4n) is 5.44. The number of hydrogen-bond donors (Lipinski definition) is 1. The number of oxazole rings is 1. The number of carbonyl (C=O) groups is 2. The van der Waals surface area contributed by atoms with E-state index in [1.807, 2.05) is 37.4 Å². The number of aromatic nitrogens is 6. The minimum atomic E-state index is -0.292. The van der Waals surface area contributed by atoms with E-state index in [0.717, 1.165) is 5.56 Å². The maximum atomic E-state index is 13.8. The summed E-state index contributed by atoms with van der Waals surface area (Å²) >= 11 is 0. The molecular weight excluding hydrogens is 550 g/mol. The fourth-order valence-corrected chi connectivity index (χ4v) is 5.44. The van der Waals surface area contributed by atoms with Crippen molar-refractivity contribution in [2.24, 2.45) is 7.05 Å². The molecule has 3 aromatic heterocycles. The Morgan fingerprint density at radius 2 is 1.84 bits per heavy atom.